The van der Waals surface area contributed by atoms with Crippen LogP contribution >= 0.6 is 0 Å². The smallest absolute Gasteiger partial charge is 0.0110 e. The standard InChI is InChI=1S/C19H41N3/c1-4-7-11-20-14-10-15-21(12-8-5-2)17-19-22(18-16-20)13-9-6-3/h4-19H2,1-3H3. The second-order valence-corrected chi connectivity index (χ2v) is 6.94. The lowest BCUT2D eigenvalue weighted by atomic mass is 10.2. The van der Waals surface area contributed by atoms with Crippen LogP contribution < -0.4 is 0 Å². The Hall–Kier alpha value is -0.120. The highest BCUT2D eigenvalue weighted by molar-refractivity contribution is 4.70. The van der Waals surface area contributed by atoms with Gasteiger partial charge in [0.25, 0.3) is 0 Å². The van der Waals surface area contributed by atoms with E-state index in [-0.39, 0.29) is 0 Å². The molecule has 3 heteroatoms. The summed E-state index contributed by atoms with van der Waals surface area (Å²) in [5.74, 6) is 0. The first-order valence-electron chi connectivity index (χ1n) is 9.97. The maximum Gasteiger partial charge on any atom is 0.0110 e. The van der Waals surface area contributed by atoms with E-state index >= 15 is 0 Å². The molecule has 3 nitrogen and oxygen atoms in total. The maximum absolute atomic E-state index is 2.71. The van der Waals surface area contributed by atoms with Gasteiger partial charge in [0.2, 0.25) is 0 Å². The van der Waals surface area contributed by atoms with E-state index in [0.717, 1.165) is 0 Å². The molecular weight excluding hydrogens is 270 g/mol. The average molecular weight is 312 g/mol. The van der Waals surface area contributed by atoms with Gasteiger partial charge >= 0.3 is 0 Å². The molecule has 22 heavy (non-hydrogen) atoms. The molecule has 1 saturated heterocycles. The fraction of sp³-hybridized carbons (Fsp3) is 1.00. The van der Waals surface area contributed by atoms with E-state index in [1.807, 2.05) is 0 Å². The van der Waals surface area contributed by atoms with Crippen LogP contribution in [0.5, 0.6) is 0 Å². The van der Waals surface area contributed by atoms with Gasteiger partial charge in [-0.3, -0.25) is 0 Å². The van der Waals surface area contributed by atoms with E-state index in [9.17, 15) is 0 Å². The van der Waals surface area contributed by atoms with Crippen LogP contribution in [0.1, 0.15) is 65.7 Å². The predicted molar refractivity (Wildman–Crippen MR) is 98.7 cm³/mol. The van der Waals surface area contributed by atoms with Gasteiger partial charge < -0.3 is 14.7 Å². The fourth-order valence-corrected chi connectivity index (χ4v) is 3.24. The summed E-state index contributed by atoms with van der Waals surface area (Å²) < 4.78 is 0. The average Bonchev–Trinajstić information content (AvgIpc) is 2.55. The van der Waals surface area contributed by atoms with E-state index in [4.69, 9.17) is 0 Å². The molecule has 1 heterocycles. The molecule has 0 aromatic rings. The largest absolute Gasteiger partial charge is 0.302 e. The molecule has 0 radical (unpaired) electrons. The molecule has 0 spiro atoms. The molecule has 1 aliphatic heterocycles. The van der Waals surface area contributed by atoms with Crippen LogP contribution in [0.3, 0.4) is 0 Å². The maximum atomic E-state index is 2.71. The minimum atomic E-state index is 1.27. The highest BCUT2D eigenvalue weighted by Gasteiger charge is 2.14. The van der Waals surface area contributed by atoms with Crippen molar-refractivity contribution in [2.75, 3.05) is 58.9 Å². The van der Waals surface area contributed by atoms with Crippen LogP contribution in [-0.2, 0) is 0 Å². The predicted octanol–water partition coefficient (Wildman–Crippen LogP) is 3.70. The van der Waals surface area contributed by atoms with E-state index in [1.165, 1.54) is 104 Å². The van der Waals surface area contributed by atoms with Crippen molar-refractivity contribution in [1.82, 2.24) is 14.7 Å². The van der Waals surface area contributed by atoms with Crippen molar-refractivity contribution in [3.8, 4) is 0 Å². The van der Waals surface area contributed by atoms with Gasteiger partial charge in [0.15, 0.2) is 0 Å². The Bertz CT molecular complexity index is 225. The Morgan fingerprint density at radius 2 is 0.818 bits per heavy atom. The SMILES string of the molecule is CCCCN1CCCN(CCCC)CCN(CCCC)CC1. The van der Waals surface area contributed by atoms with Crippen molar-refractivity contribution in [2.45, 2.75) is 65.7 Å². The van der Waals surface area contributed by atoms with Crippen molar-refractivity contribution < 1.29 is 0 Å². The normalized spacial score (nSPS) is 20.3. The molecule has 0 saturated carbocycles. The molecule has 1 rings (SSSR count). The Morgan fingerprint density at radius 3 is 1.14 bits per heavy atom. The van der Waals surface area contributed by atoms with Crippen LogP contribution in [0, 0.1) is 0 Å². The van der Waals surface area contributed by atoms with Gasteiger partial charge in [0.1, 0.15) is 0 Å². The van der Waals surface area contributed by atoms with Crippen LogP contribution in [-0.4, -0.2) is 73.6 Å². The molecule has 132 valence electrons. The monoisotopic (exact) mass is 311 g/mol. The molecular formula is C19H41N3. The summed E-state index contributed by atoms with van der Waals surface area (Å²) in [5, 5.41) is 0. The molecule has 0 aromatic carbocycles. The lowest BCUT2D eigenvalue weighted by Crippen LogP contribution is -2.43. The molecule has 0 atom stereocenters. The molecule has 1 fully saturated rings. The number of hydrogen-bond donors (Lipinski definition) is 0. The zero-order valence-electron chi connectivity index (χ0n) is 15.7. The van der Waals surface area contributed by atoms with E-state index in [1.54, 1.807) is 0 Å². The van der Waals surface area contributed by atoms with E-state index in [2.05, 4.69) is 35.5 Å². The zero-order chi connectivity index (χ0) is 16.0. The Balaban J connectivity index is 2.50. The Morgan fingerprint density at radius 1 is 0.500 bits per heavy atom. The first-order chi connectivity index (χ1) is 10.8. The van der Waals surface area contributed by atoms with Crippen LogP contribution in [0.15, 0.2) is 0 Å². The van der Waals surface area contributed by atoms with E-state index < -0.39 is 0 Å². The molecule has 0 bridgehead atoms. The minimum Gasteiger partial charge on any atom is -0.302 e. The summed E-state index contributed by atoms with van der Waals surface area (Å²) in [6.45, 7) is 18.5. The number of hydrogen-bond acceptors (Lipinski definition) is 3. The third kappa shape index (κ3) is 9.12. The summed E-state index contributed by atoms with van der Waals surface area (Å²) in [7, 11) is 0. The Kier molecular flexibility index (Phi) is 12.1. The minimum absolute atomic E-state index is 1.27. The number of nitrogens with zero attached hydrogens (tertiary/aromatic N) is 3. The number of rotatable bonds is 9. The summed E-state index contributed by atoms with van der Waals surface area (Å²) in [4.78, 5) is 8.14. The fourth-order valence-electron chi connectivity index (χ4n) is 3.24. The van der Waals surface area contributed by atoms with Crippen LogP contribution in [0.2, 0.25) is 0 Å². The van der Waals surface area contributed by atoms with Crippen molar-refractivity contribution in [1.29, 1.82) is 0 Å². The van der Waals surface area contributed by atoms with Gasteiger partial charge in [0, 0.05) is 26.2 Å². The molecule has 0 unspecified atom stereocenters. The van der Waals surface area contributed by atoms with Gasteiger partial charge in [-0.1, -0.05) is 40.0 Å². The van der Waals surface area contributed by atoms with Gasteiger partial charge in [0.05, 0.1) is 0 Å². The summed E-state index contributed by atoms with van der Waals surface area (Å²) in [6.07, 6.45) is 9.36. The zero-order valence-corrected chi connectivity index (χ0v) is 15.7. The molecule has 1 aliphatic rings. The highest BCUT2D eigenvalue weighted by Crippen LogP contribution is 2.06. The third-order valence-corrected chi connectivity index (χ3v) is 4.90. The van der Waals surface area contributed by atoms with Crippen molar-refractivity contribution in [3.05, 3.63) is 0 Å². The van der Waals surface area contributed by atoms with E-state index in [0.29, 0.717) is 0 Å². The second kappa shape index (κ2) is 13.3. The second-order valence-electron chi connectivity index (χ2n) is 6.94. The lowest BCUT2D eigenvalue weighted by molar-refractivity contribution is 0.146. The first-order valence-corrected chi connectivity index (χ1v) is 9.97. The van der Waals surface area contributed by atoms with Crippen molar-refractivity contribution >= 4 is 0 Å². The first kappa shape index (κ1) is 19.9. The molecule has 0 amide bonds. The third-order valence-electron chi connectivity index (χ3n) is 4.90. The molecule has 0 aromatic heterocycles. The summed E-state index contributed by atoms with van der Waals surface area (Å²) in [6, 6.07) is 0. The molecule has 0 N–H and O–H groups in total. The lowest BCUT2D eigenvalue weighted by Gasteiger charge is -2.33. The quantitative estimate of drug-likeness (QED) is 0.643. The Labute approximate surface area is 140 Å². The van der Waals surface area contributed by atoms with Crippen molar-refractivity contribution in [2.24, 2.45) is 0 Å². The van der Waals surface area contributed by atoms with Gasteiger partial charge in [-0.15, -0.1) is 0 Å². The van der Waals surface area contributed by atoms with Gasteiger partial charge in [-0.25, -0.2) is 0 Å². The van der Waals surface area contributed by atoms with Crippen molar-refractivity contribution in [3.63, 3.8) is 0 Å². The summed E-state index contributed by atoms with van der Waals surface area (Å²) in [5.41, 5.74) is 0. The molecule has 0 aliphatic carbocycles. The van der Waals surface area contributed by atoms with Crippen LogP contribution in [0.4, 0.5) is 0 Å². The van der Waals surface area contributed by atoms with Gasteiger partial charge in [-0.2, -0.15) is 0 Å². The van der Waals surface area contributed by atoms with Crippen LogP contribution in [0.25, 0.3) is 0 Å². The summed E-state index contributed by atoms with van der Waals surface area (Å²) >= 11 is 0. The number of unbranched alkanes of at least 4 members (excludes halogenated alkanes) is 3. The topological polar surface area (TPSA) is 9.72 Å². The highest BCUT2D eigenvalue weighted by atomic mass is 15.2. The van der Waals surface area contributed by atoms with Gasteiger partial charge in [-0.05, 0) is 58.4 Å².